The summed E-state index contributed by atoms with van der Waals surface area (Å²) in [5.41, 5.74) is 1.93. The molecule has 3 aliphatic rings. The van der Waals surface area contributed by atoms with E-state index in [1.54, 1.807) is 0 Å². The number of aliphatic hydroxyl groups excluding tert-OH is 1. The third-order valence-corrected chi connectivity index (χ3v) is 12.5. The molecular formula is C40H50O4. The van der Waals surface area contributed by atoms with Gasteiger partial charge in [0.2, 0.25) is 0 Å². The lowest BCUT2D eigenvalue weighted by molar-refractivity contribution is -0.193. The fourth-order valence-electron chi connectivity index (χ4n) is 10.1. The standard InChI is InChI=1S/C40H50O4/c1-37(26-23-33-32(35(37)41)21-22-34-38(33,2)24-14-25-39(34,3)36(42)43-4)27-28-44-40(29-15-8-5-9-16-29,30-17-10-6-11-18-30)31-19-12-7-13-20-31/h5-13,15-20,32-35,41H,14,21-28H2,1-4H3/t32-,33-,34?,35+,37+,38+,39+/m0/s1. The van der Waals surface area contributed by atoms with Crippen molar-refractivity contribution < 1.29 is 19.4 Å². The van der Waals surface area contributed by atoms with Gasteiger partial charge in [0.15, 0.2) is 0 Å². The summed E-state index contributed by atoms with van der Waals surface area (Å²) in [5, 5.41) is 12.1. The molecule has 0 bridgehead atoms. The highest BCUT2D eigenvalue weighted by atomic mass is 16.5. The van der Waals surface area contributed by atoms with Crippen LogP contribution in [0.3, 0.4) is 0 Å². The van der Waals surface area contributed by atoms with Gasteiger partial charge in [0.25, 0.3) is 0 Å². The number of esters is 1. The molecule has 1 unspecified atom stereocenters. The minimum atomic E-state index is -0.756. The molecule has 0 radical (unpaired) electrons. The average molecular weight is 595 g/mol. The maximum Gasteiger partial charge on any atom is 0.311 e. The molecular weight excluding hydrogens is 544 g/mol. The summed E-state index contributed by atoms with van der Waals surface area (Å²) in [6.07, 6.45) is 7.47. The molecule has 4 nitrogen and oxygen atoms in total. The predicted molar refractivity (Wildman–Crippen MR) is 175 cm³/mol. The zero-order chi connectivity index (χ0) is 31.0. The first-order valence-electron chi connectivity index (χ1n) is 16.8. The summed E-state index contributed by atoms with van der Waals surface area (Å²) >= 11 is 0. The Kier molecular flexibility index (Phi) is 8.54. The number of hydrogen-bond donors (Lipinski definition) is 1. The first-order chi connectivity index (χ1) is 21.2. The molecule has 0 saturated heterocycles. The van der Waals surface area contributed by atoms with E-state index in [1.165, 1.54) is 7.11 Å². The van der Waals surface area contributed by atoms with Crippen LogP contribution in [0, 0.1) is 34.0 Å². The van der Waals surface area contributed by atoms with E-state index in [0.717, 1.165) is 68.1 Å². The number of benzene rings is 3. The van der Waals surface area contributed by atoms with Crippen molar-refractivity contribution in [2.24, 2.45) is 34.0 Å². The molecule has 4 heteroatoms. The van der Waals surface area contributed by atoms with Crippen LogP contribution in [0.5, 0.6) is 0 Å². The molecule has 7 atom stereocenters. The van der Waals surface area contributed by atoms with Gasteiger partial charge >= 0.3 is 5.97 Å². The van der Waals surface area contributed by atoms with Gasteiger partial charge in [0.1, 0.15) is 5.60 Å². The number of carbonyl (C=O) groups is 1. The summed E-state index contributed by atoms with van der Waals surface area (Å²) in [4.78, 5) is 13.0. The largest absolute Gasteiger partial charge is 0.469 e. The SMILES string of the molecule is COC(=O)[C@]1(C)CCC[C@@]2(C)C1CC[C@@H]1[C@@H](O)[C@@](C)(CCOC(c3ccccc3)(c3ccccc3)c3ccccc3)CC[C@@H]12. The van der Waals surface area contributed by atoms with Crippen molar-refractivity contribution >= 4 is 5.97 Å². The van der Waals surface area contributed by atoms with Crippen molar-refractivity contribution in [3.63, 3.8) is 0 Å². The van der Waals surface area contributed by atoms with Crippen LogP contribution in [0.2, 0.25) is 0 Å². The Morgan fingerprint density at radius 1 is 0.795 bits per heavy atom. The first-order valence-corrected chi connectivity index (χ1v) is 16.8. The van der Waals surface area contributed by atoms with Crippen LogP contribution in [-0.2, 0) is 19.9 Å². The number of ether oxygens (including phenoxy) is 2. The predicted octanol–water partition coefficient (Wildman–Crippen LogP) is 8.56. The lowest BCUT2D eigenvalue weighted by Gasteiger charge is -2.63. The zero-order valence-electron chi connectivity index (χ0n) is 27.0. The minimum Gasteiger partial charge on any atom is -0.469 e. The van der Waals surface area contributed by atoms with Crippen LogP contribution < -0.4 is 0 Å². The van der Waals surface area contributed by atoms with E-state index in [9.17, 15) is 9.90 Å². The second-order valence-electron chi connectivity index (χ2n) is 14.7. The van der Waals surface area contributed by atoms with Gasteiger partial charge < -0.3 is 14.6 Å². The second kappa shape index (κ2) is 12.1. The molecule has 0 aliphatic heterocycles. The van der Waals surface area contributed by atoms with Gasteiger partial charge in [-0.2, -0.15) is 0 Å². The van der Waals surface area contributed by atoms with Crippen LogP contribution >= 0.6 is 0 Å². The first kappa shape index (κ1) is 31.0. The summed E-state index contributed by atoms with van der Waals surface area (Å²) in [5.74, 6) is 0.924. The molecule has 6 rings (SSSR count). The summed E-state index contributed by atoms with van der Waals surface area (Å²) in [6, 6.07) is 31.6. The Bertz CT molecular complexity index is 1310. The maximum atomic E-state index is 13.0. The van der Waals surface area contributed by atoms with E-state index in [2.05, 4.69) is 112 Å². The molecule has 0 spiro atoms. The molecule has 44 heavy (non-hydrogen) atoms. The van der Waals surface area contributed by atoms with Gasteiger partial charge in [-0.1, -0.05) is 111 Å². The molecule has 1 N–H and O–H groups in total. The Labute approximate surface area is 264 Å². The van der Waals surface area contributed by atoms with Crippen LogP contribution in [0.4, 0.5) is 0 Å². The fourth-order valence-corrected chi connectivity index (χ4v) is 10.1. The van der Waals surface area contributed by atoms with E-state index in [4.69, 9.17) is 9.47 Å². The average Bonchev–Trinajstić information content (AvgIpc) is 3.06. The molecule has 3 aromatic carbocycles. The molecule has 3 aliphatic carbocycles. The highest BCUT2D eigenvalue weighted by Crippen LogP contribution is 2.65. The molecule has 0 aromatic heterocycles. The molecule has 0 amide bonds. The van der Waals surface area contributed by atoms with E-state index in [-0.39, 0.29) is 22.7 Å². The Balaban J connectivity index is 1.25. The second-order valence-corrected chi connectivity index (χ2v) is 14.7. The van der Waals surface area contributed by atoms with Gasteiger partial charge in [-0.25, -0.2) is 0 Å². The van der Waals surface area contributed by atoms with E-state index < -0.39 is 17.1 Å². The fraction of sp³-hybridized carbons (Fsp3) is 0.525. The maximum absolute atomic E-state index is 13.0. The summed E-state index contributed by atoms with van der Waals surface area (Å²) in [6.45, 7) is 7.37. The number of hydrogen-bond acceptors (Lipinski definition) is 4. The quantitative estimate of drug-likeness (QED) is 0.210. The minimum absolute atomic E-state index is 0.0476. The Morgan fingerprint density at radius 3 is 1.86 bits per heavy atom. The van der Waals surface area contributed by atoms with Gasteiger partial charge in [-0.05, 0) is 97.1 Å². The molecule has 234 valence electrons. The van der Waals surface area contributed by atoms with Gasteiger partial charge in [0.05, 0.1) is 18.6 Å². The van der Waals surface area contributed by atoms with Crippen molar-refractivity contribution in [2.45, 2.75) is 83.8 Å². The third-order valence-electron chi connectivity index (χ3n) is 12.5. The molecule has 3 saturated carbocycles. The smallest absolute Gasteiger partial charge is 0.311 e. The highest BCUT2D eigenvalue weighted by molar-refractivity contribution is 5.77. The van der Waals surface area contributed by atoms with E-state index in [1.807, 2.05) is 0 Å². The van der Waals surface area contributed by atoms with Crippen LogP contribution in [-0.4, -0.2) is 30.9 Å². The topological polar surface area (TPSA) is 55.8 Å². The monoisotopic (exact) mass is 594 g/mol. The number of fused-ring (bicyclic) bond motifs is 3. The normalized spacial score (nSPS) is 33.6. The number of methoxy groups -OCH3 is 1. The van der Waals surface area contributed by atoms with Crippen molar-refractivity contribution in [3.05, 3.63) is 108 Å². The Morgan fingerprint density at radius 2 is 1.34 bits per heavy atom. The number of rotatable bonds is 8. The molecule has 3 fully saturated rings. The lowest BCUT2D eigenvalue weighted by Crippen LogP contribution is -2.60. The third kappa shape index (κ3) is 5.03. The van der Waals surface area contributed by atoms with E-state index >= 15 is 0 Å². The Hall–Kier alpha value is -2.95. The number of aliphatic hydroxyl groups is 1. The van der Waals surface area contributed by atoms with Gasteiger partial charge in [-0.3, -0.25) is 4.79 Å². The van der Waals surface area contributed by atoms with E-state index in [0.29, 0.717) is 18.4 Å². The van der Waals surface area contributed by atoms with Crippen LogP contribution in [0.25, 0.3) is 0 Å². The van der Waals surface area contributed by atoms with Crippen LogP contribution in [0.15, 0.2) is 91.0 Å². The van der Waals surface area contributed by atoms with Gasteiger partial charge in [-0.15, -0.1) is 0 Å². The van der Waals surface area contributed by atoms with Gasteiger partial charge in [0, 0.05) is 6.61 Å². The van der Waals surface area contributed by atoms with Crippen LogP contribution in [0.1, 0.15) is 88.8 Å². The highest BCUT2D eigenvalue weighted by Gasteiger charge is 2.62. The van der Waals surface area contributed by atoms with Crippen molar-refractivity contribution in [1.29, 1.82) is 0 Å². The molecule has 0 heterocycles. The summed E-state index contributed by atoms with van der Waals surface area (Å²) < 4.78 is 12.5. The zero-order valence-corrected chi connectivity index (χ0v) is 27.0. The summed E-state index contributed by atoms with van der Waals surface area (Å²) in [7, 11) is 1.53. The lowest BCUT2D eigenvalue weighted by atomic mass is 9.42. The van der Waals surface area contributed by atoms with Crippen molar-refractivity contribution in [1.82, 2.24) is 0 Å². The number of carbonyl (C=O) groups excluding carboxylic acids is 1. The van der Waals surface area contributed by atoms with Crippen molar-refractivity contribution in [3.8, 4) is 0 Å². The molecule has 3 aromatic rings. The van der Waals surface area contributed by atoms with Crippen molar-refractivity contribution in [2.75, 3.05) is 13.7 Å².